The van der Waals surface area contributed by atoms with Crippen LogP contribution in [0, 0.1) is 5.92 Å². The fourth-order valence-corrected chi connectivity index (χ4v) is 3.79. The van der Waals surface area contributed by atoms with Gasteiger partial charge in [0.2, 0.25) is 0 Å². The lowest BCUT2D eigenvalue weighted by Crippen LogP contribution is -2.41. The van der Waals surface area contributed by atoms with E-state index in [1.54, 1.807) is 0 Å². The maximum atomic E-state index is 10.9. The standard InChI is InChI=1S/C20H29NO4/c22-20(23)21-13-10-19(11-14-21)25-18-8-6-17(7-9-18)24-15-12-16-4-2-1-3-5-16/h6-9,16,19H,1-5,10-15H2,(H,22,23). The summed E-state index contributed by atoms with van der Waals surface area (Å²) in [4.78, 5) is 12.4. The first-order valence-corrected chi connectivity index (χ1v) is 9.58. The van der Waals surface area contributed by atoms with Crippen LogP contribution in [-0.2, 0) is 0 Å². The Labute approximate surface area is 149 Å². The van der Waals surface area contributed by atoms with Gasteiger partial charge in [-0.3, -0.25) is 0 Å². The maximum absolute atomic E-state index is 10.9. The lowest BCUT2D eigenvalue weighted by atomic mass is 9.87. The second-order valence-electron chi connectivity index (χ2n) is 7.20. The molecule has 138 valence electrons. The van der Waals surface area contributed by atoms with Crippen LogP contribution in [0.1, 0.15) is 51.4 Å². The molecule has 5 heteroatoms. The zero-order valence-corrected chi connectivity index (χ0v) is 14.9. The molecule has 25 heavy (non-hydrogen) atoms. The molecule has 0 spiro atoms. The fraction of sp³-hybridized carbons (Fsp3) is 0.650. The van der Waals surface area contributed by atoms with Gasteiger partial charge in [-0.15, -0.1) is 0 Å². The highest BCUT2D eigenvalue weighted by molar-refractivity contribution is 5.65. The van der Waals surface area contributed by atoms with E-state index >= 15 is 0 Å². The Kier molecular flexibility index (Phi) is 6.42. The minimum Gasteiger partial charge on any atom is -0.494 e. The summed E-state index contributed by atoms with van der Waals surface area (Å²) in [5.74, 6) is 2.56. The molecule has 1 saturated carbocycles. The Balaban J connectivity index is 1.37. The van der Waals surface area contributed by atoms with Gasteiger partial charge in [0.1, 0.15) is 17.6 Å². The average Bonchev–Trinajstić information content (AvgIpc) is 2.64. The molecular formula is C20H29NO4. The zero-order valence-electron chi connectivity index (χ0n) is 14.9. The quantitative estimate of drug-likeness (QED) is 0.820. The molecule has 0 aromatic heterocycles. The minimum atomic E-state index is -0.840. The number of amides is 1. The van der Waals surface area contributed by atoms with Crippen molar-refractivity contribution in [1.29, 1.82) is 0 Å². The Morgan fingerprint density at radius 2 is 1.64 bits per heavy atom. The van der Waals surface area contributed by atoms with Crippen molar-refractivity contribution in [2.24, 2.45) is 5.92 Å². The highest BCUT2D eigenvalue weighted by Gasteiger charge is 2.23. The monoisotopic (exact) mass is 347 g/mol. The van der Waals surface area contributed by atoms with Crippen LogP contribution in [-0.4, -0.2) is 41.9 Å². The maximum Gasteiger partial charge on any atom is 0.407 e. The molecule has 1 aliphatic carbocycles. The number of benzene rings is 1. The van der Waals surface area contributed by atoms with Gasteiger partial charge in [0.25, 0.3) is 0 Å². The van der Waals surface area contributed by atoms with Gasteiger partial charge in [0, 0.05) is 25.9 Å². The number of piperidine rings is 1. The first kappa shape index (κ1) is 17.9. The smallest absolute Gasteiger partial charge is 0.407 e. The first-order chi connectivity index (χ1) is 12.2. The van der Waals surface area contributed by atoms with Crippen molar-refractivity contribution < 1.29 is 19.4 Å². The van der Waals surface area contributed by atoms with Gasteiger partial charge in [-0.2, -0.15) is 0 Å². The first-order valence-electron chi connectivity index (χ1n) is 9.58. The second-order valence-corrected chi connectivity index (χ2v) is 7.20. The molecule has 0 bridgehead atoms. The van der Waals surface area contributed by atoms with E-state index in [-0.39, 0.29) is 6.10 Å². The topological polar surface area (TPSA) is 59.0 Å². The van der Waals surface area contributed by atoms with Crippen LogP contribution in [0.5, 0.6) is 11.5 Å². The molecule has 2 aliphatic rings. The van der Waals surface area contributed by atoms with Crippen molar-refractivity contribution in [1.82, 2.24) is 4.90 Å². The molecule has 1 saturated heterocycles. The van der Waals surface area contributed by atoms with Crippen molar-refractivity contribution in [3.8, 4) is 11.5 Å². The highest BCUT2D eigenvalue weighted by Crippen LogP contribution is 2.27. The molecule has 0 unspecified atom stereocenters. The number of hydrogen-bond acceptors (Lipinski definition) is 3. The van der Waals surface area contributed by atoms with Crippen LogP contribution in [0.25, 0.3) is 0 Å². The predicted molar refractivity (Wildman–Crippen MR) is 96.4 cm³/mol. The summed E-state index contributed by atoms with van der Waals surface area (Å²) in [7, 11) is 0. The van der Waals surface area contributed by atoms with Crippen LogP contribution in [0.15, 0.2) is 24.3 Å². The van der Waals surface area contributed by atoms with E-state index in [4.69, 9.17) is 14.6 Å². The molecule has 1 aromatic carbocycles. The third-order valence-corrected chi connectivity index (χ3v) is 5.36. The van der Waals surface area contributed by atoms with Crippen molar-refractivity contribution in [2.45, 2.75) is 57.5 Å². The van der Waals surface area contributed by atoms with E-state index in [1.807, 2.05) is 24.3 Å². The summed E-state index contributed by atoms with van der Waals surface area (Å²) < 4.78 is 11.8. The lowest BCUT2D eigenvalue weighted by molar-refractivity contribution is 0.0894. The number of carbonyl (C=O) groups is 1. The van der Waals surface area contributed by atoms with Gasteiger partial charge >= 0.3 is 6.09 Å². The van der Waals surface area contributed by atoms with E-state index in [0.717, 1.165) is 43.3 Å². The number of nitrogens with zero attached hydrogens (tertiary/aromatic N) is 1. The molecule has 3 rings (SSSR count). The number of rotatable bonds is 6. The van der Waals surface area contributed by atoms with Crippen LogP contribution < -0.4 is 9.47 Å². The largest absolute Gasteiger partial charge is 0.494 e. The van der Waals surface area contributed by atoms with E-state index < -0.39 is 6.09 Å². The van der Waals surface area contributed by atoms with E-state index in [0.29, 0.717) is 13.1 Å². The van der Waals surface area contributed by atoms with Crippen LogP contribution >= 0.6 is 0 Å². The molecule has 5 nitrogen and oxygen atoms in total. The summed E-state index contributed by atoms with van der Waals surface area (Å²) in [5.41, 5.74) is 0. The normalized spacial score (nSPS) is 19.6. The molecule has 1 N–H and O–H groups in total. The van der Waals surface area contributed by atoms with Crippen LogP contribution in [0.4, 0.5) is 4.79 Å². The van der Waals surface area contributed by atoms with Gasteiger partial charge in [-0.05, 0) is 36.6 Å². The van der Waals surface area contributed by atoms with Crippen molar-refractivity contribution in [2.75, 3.05) is 19.7 Å². The summed E-state index contributed by atoms with van der Waals surface area (Å²) in [5, 5.41) is 8.97. The molecule has 0 radical (unpaired) electrons. The van der Waals surface area contributed by atoms with Gasteiger partial charge in [0.05, 0.1) is 6.61 Å². The summed E-state index contributed by atoms with van der Waals surface area (Å²) in [6, 6.07) is 7.81. The van der Waals surface area contributed by atoms with Gasteiger partial charge in [0.15, 0.2) is 0 Å². The molecule has 1 amide bonds. The Hall–Kier alpha value is -1.91. The number of carboxylic acid groups (broad SMARTS) is 1. The summed E-state index contributed by atoms with van der Waals surface area (Å²) in [6.07, 6.45) is 8.76. The van der Waals surface area contributed by atoms with Gasteiger partial charge in [-0.25, -0.2) is 4.79 Å². The molecule has 1 heterocycles. The lowest BCUT2D eigenvalue weighted by Gasteiger charge is -2.30. The zero-order chi connectivity index (χ0) is 17.5. The third kappa shape index (κ3) is 5.55. The highest BCUT2D eigenvalue weighted by atomic mass is 16.5. The Morgan fingerprint density at radius 3 is 2.28 bits per heavy atom. The van der Waals surface area contributed by atoms with E-state index in [9.17, 15) is 4.79 Å². The average molecular weight is 347 g/mol. The molecular weight excluding hydrogens is 318 g/mol. The Bertz CT molecular complexity index is 531. The second kappa shape index (κ2) is 8.97. The SMILES string of the molecule is O=C(O)N1CCC(Oc2ccc(OCCC3CCCCC3)cc2)CC1. The van der Waals surface area contributed by atoms with Gasteiger partial charge in [-0.1, -0.05) is 32.1 Å². The fourth-order valence-electron chi connectivity index (χ4n) is 3.79. The number of ether oxygens (including phenoxy) is 2. The van der Waals surface area contributed by atoms with Crippen molar-refractivity contribution >= 4 is 6.09 Å². The predicted octanol–water partition coefficient (Wildman–Crippen LogP) is 4.56. The number of likely N-dealkylation sites (tertiary alicyclic amines) is 1. The summed E-state index contributed by atoms with van der Waals surface area (Å²) >= 11 is 0. The van der Waals surface area contributed by atoms with Gasteiger partial charge < -0.3 is 19.5 Å². The molecule has 2 fully saturated rings. The van der Waals surface area contributed by atoms with Crippen molar-refractivity contribution in [3.05, 3.63) is 24.3 Å². The van der Waals surface area contributed by atoms with Crippen LogP contribution in [0.3, 0.4) is 0 Å². The number of hydrogen-bond donors (Lipinski definition) is 1. The Morgan fingerprint density at radius 1 is 1.00 bits per heavy atom. The van der Waals surface area contributed by atoms with E-state index in [1.165, 1.54) is 37.0 Å². The minimum absolute atomic E-state index is 0.0914. The van der Waals surface area contributed by atoms with Crippen molar-refractivity contribution in [3.63, 3.8) is 0 Å². The van der Waals surface area contributed by atoms with E-state index in [2.05, 4.69) is 0 Å². The molecule has 0 atom stereocenters. The summed E-state index contributed by atoms with van der Waals surface area (Å²) in [6.45, 7) is 1.88. The van der Waals surface area contributed by atoms with Crippen LogP contribution in [0.2, 0.25) is 0 Å². The molecule has 1 aromatic rings. The molecule has 1 aliphatic heterocycles. The third-order valence-electron chi connectivity index (χ3n) is 5.36.